The van der Waals surface area contributed by atoms with Crippen molar-refractivity contribution in [3.8, 4) is 11.3 Å². The van der Waals surface area contributed by atoms with Gasteiger partial charge in [0.15, 0.2) is 5.95 Å². The molecule has 0 saturated carbocycles. The molecule has 0 aliphatic heterocycles. The largest absolute Gasteiger partial charge is 0.369 e. The molecule has 0 spiro atoms. The summed E-state index contributed by atoms with van der Waals surface area (Å²) in [5.74, 6) is -1.94. The fourth-order valence-corrected chi connectivity index (χ4v) is 2.14. The van der Waals surface area contributed by atoms with Gasteiger partial charge < -0.3 is 16.0 Å². The van der Waals surface area contributed by atoms with Crippen molar-refractivity contribution in [2.24, 2.45) is 0 Å². The van der Waals surface area contributed by atoms with Crippen molar-refractivity contribution in [2.45, 2.75) is 0 Å². The van der Waals surface area contributed by atoms with Gasteiger partial charge >= 0.3 is 0 Å². The van der Waals surface area contributed by atoms with Crippen LogP contribution in [0.25, 0.3) is 11.3 Å². The standard InChI is InChI=1S/C16H12F2N4O.ClH/c17-11-4-10(5-12(18)7-11)15(23)21-13-3-1-2-9(6-13)14-8-20-16(19)22-14;/h1-8H,(H,21,23)(H3,19,20,22);1H. The Morgan fingerprint density at radius 1 is 1.12 bits per heavy atom. The summed E-state index contributed by atoms with van der Waals surface area (Å²) in [6, 6.07) is 9.55. The predicted octanol–water partition coefficient (Wildman–Crippen LogP) is 3.61. The SMILES string of the molecule is Cl.Nc1ncc(-c2cccc(NC(=O)c3cc(F)cc(F)c3)c2)[nH]1. The average molecular weight is 351 g/mol. The number of anilines is 2. The van der Waals surface area contributed by atoms with E-state index in [1.165, 1.54) is 0 Å². The van der Waals surface area contributed by atoms with Crippen molar-refractivity contribution in [3.63, 3.8) is 0 Å². The average Bonchev–Trinajstić information content (AvgIpc) is 2.93. The number of carbonyl (C=O) groups excluding carboxylic acids is 1. The Kier molecular flexibility index (Phi) is 5.15. The van der Waals surface area contributed by atoms with Gasteiger partial charge in [0.25, 0.3) is 5.91 Å². The zero-order valence-electron chi connectivity index (χ0n) is 12.2. The molecule has 0 atom stereocenters. The summed E-state index contributed by atoms with van der Waals surface area (Å²) >= 11 is 0. The second kappa shape index (κ2) is 7.10. The fourth-order valence-electron chi connectivity index (χ4n) is 2.14. The fraction of sp³-hybridized carbons (Fsp3) is 0. The number of benzene rings is 2. The molecule has 1 aromatic heterocycles. The van der Waals surface area contributed by atoms with E-state index in [2.05, 4.69) is 15.3 Å². The highest BCUT2D eigenvalue weighted by Gasteiger charge is 2.10. The molecule has 124 valence electrons. The topological polar surface area (TPSA) is 83.8 Å². The first-order valence-corrected chi connectivity index (χ1v) is 6.69. The Hall–Kier alpha value is -2.93. The van der Waals surface area contributed by atoms with E-state index in [1.807, 2.05) is 6.07 Å². The molecule has 0 radical (unpaired) electrons. The Labute approximate surface area is 142 Å². The number of hydrogen-bond acceptors (Lipinski definition) is 3. The Morgan fingerprint density at radius 2 is 1.83 bits per heavy atom. The highest BCUT2D eigenvalue weighted by molar-refractivity contribution is 6.04. The van der Waals surface area contributed by atoms with Gasteiger partial charge in [-0.25, -0.2) is 13.8 Å². The first kappa shape index (κ1) is 17.4. The number of hydrogen-bond donors (Lipinski definition) is 3. The molecule has 3 aromatic rings. The minimum Gasteiger partial charge on any atom is -0.369 e. The van der Waals surface area contributed by atoms with Gasteiger partial charge in [0.1, 0.15) is 11.6 Å². The maximum Gasteiger partial charge on any atom is 0.255 e. The van der Waals surface area contributed by atoms with Gasteiger partial charge in [-0.2, -0.15) is 0 Å². The lowest BCUT2D eigenvalue weighted by molar-refractivity contribution is 0.102. The lowest BCUT2D eigenvalue weighted by Crippen LogP contribution is -2.12. The molecule has 1 amide bonds. The molecule has 0 aliphatic rings. The van der Waals surface area contributed by atoms with Crippen LogP contribution in [0.5, 0.6) is 0 Å². The van der Waals surface area contributed by atoms with Gasteiger partial charge in [-0.3, -0.25) is 4.79 Å². The second-order valence-electron chi connectivity index (χ2n) is 4.88. The number of carbonyl (C=O) groups is 1. The normalized spacial score (nSPS) is 10.1. The summed E-state index contributed by atoms with van der Waals surface area (Å²) in [7, 11) is 0. The van der Waals surface area contributed by atoms with Crippen LogP contribution in [-0.4, -0.2) is 15.9 Å². The van der Waals surface area contributed by atoms with E-state index in [-0.39, 0.29) is 23.9 Å². The van der Waals surface area contributed by atoms with Gasteiger partial charge in [-0.15, -0.1) is 12.4 Å². The third kappa shape index (κ3) is 3.88. The van der Waals surface area contributed by atoms with Crippen molar-refractivity contribution in [2.75, 3.05) is 11.1 Å². The number of amides is 1. The number of nitrogen functional groups attached to an aromatic ring is 1. The van der Waals surface area contributed by atoms with Crippen LogP contribution >= 0.6 is 12.4 Å². The van der Waals surface area contributed by atoms with Gasteiger partial charge in [-0.05, 0) is 24.3 Å². The van der Waals surface area contributed by atoms with Gasteiger partial charge in [0.2, 0.25) is 0 Å². The quantitative estimate of drug-likeness (QED) is 0.674. The number of nitrogens with two attached hydrogens (primary N) is 1. The summed E-state index contributed by atoms with van der Waals surface area (Å²) < 4.78 is 26.3. The lowest BCUT2D eigenvalue weighted by atomic mass is 10.1. The molecule has 2 aromatic carbocycles. The van der Waals surface area contributed by atoms with Crippen molar-refractivity contribution >= 4 is 29.9 Å². The maximum absolute atomic E-state index is 13.2. The lowest BCUT2D eigenvalue weighted by Gasteiger charge is -2.07. The molecular weight excluding hydrogens is 338 g/mol. The molecular formula is C16H13ClF2N4O. The first-order chi connectivity index (χ1) is 11.0. The summed E-state index contributed by atoms with van der Waals surface area (Å²) in [4.78, 5) is 18.9. The Morgan fingerprint density at radius 3 is 2.46 bits per heavy atom. The van der Waals surface area contributed by atoms with E-state index in [0.29, 0.717) is 17.4 Å². The molecule has 5 nitrogen and oxygen atoms in total. The zero-order chi connectivity index (χ0) is 16.4. The van der Waals surface area contributed by atoms with Crippen molar-refractivity contribution < 1.29 is 13.6 Å². The number of imidazole rings is 1. The number of aromatic nitrogens is 2. The Balaban J connectivity index is 0.00000208. The van der Waals surface area contributed by atoms with Crippen molar-refractivity contribution in [1.29, 1.82) is 0 Å². The van der Waals surface area contributed by atoms with E-state index >= 15 is 0 Å². The van der Waals surface area contributed by atoms with Crippen LogP contribution in [-0.2, 0) is 0 Å². The Bertz CT molecular complexity index is 862. The highest BCUT2D eigenvalue weighted by atomic mass is 35.5. The van der Waals surface area contributed by atoms with Crippen LogP contribution in [0.3, 0.4) is 0 Å². The van der Waals surface area contributed by atoms with Crippen LogP contribution in [0, 0.1) is 11.6 Å². The monoisotopic (exact) mass is 350 g/mol. The van der Waals surface area contributed by atoms with Crippen LogP contribution in [0.1, 0.15) is 10.4 Å². The van der Waals surface area contributed by atoms with Crippen LogP contribution in [0.2, 0.25) is 0 Å². The minimum atomic E-state index is -0.808. The molecule has 1 heterocycles. The highest BCUT2D eigenvalue weighted by Crippen LogP contribution is 2.22. The van der Waals surface area contributed by atoms with Crippen molar-refractivity contribution in [3.05, 3.63) is 65.9 Å². The molecule has 24 heavy (non-hydrogen) atoms. The number of nitrogens with zero attached hydrogens (tertiary/aromatic N) is 1. The maximum atomic E-state index is 13.2. The summed E-state index contributed by atoms with van der Waals surface area (Å²) in [6.07, 6.45) is 1.57. The second-order valence-corrected chi connectivity index (χ2v) is 4.88. The minimum absolute atomic E-state index is 0. The smallest absolute Gasteiger partial charge is 0.255 e. The number of rotatable bonds is 3. The number of aromatic amines is 1. The van der Waals surface area contributed by atoms with Crippen LogP contribution in [0.15, 0.2) is 48.7 Å². The van der Waals surface area contributed by atoms with Gasteiger partial charge in [0, 0.05) is 22.9 Å². The summed E-state index contributed by atoms with van der Waals surface area (Å²) in [6.45, 7) is 0. The molecule has 0 fully saturated rings. The van der Waals surface area contributed by atoms with E-state index in [0.717, 1.165) is 17.7 Å². The third-order valence-corrected chi connectivity index (χ3v) is 3.15. The van der Waals surface area contributed by atoms with Crippen molar-refractivity contribution in [1.82, 2.24) is 9.97 Å². The van der Waals surface area contributed by atoms with E-state index in [4.69, 9.17) is 5.73 Å². The zero-order valence-corrected chi connectivity index (χ0v) is 13.0. The summed E-state index contributed by atoms with van der Waals surface area (Å²) in [5.41, 5.74) is 7.36. The molecule has 8 heteroatoms. The predicted molar refractivity (Wildman–Crippen MR) is 90.0 cm³/mol. The van der Waals surface area contributed by atoms with Gasteiger partial charge in [-0.1, -0.05) is 12.1 Å². The van der Waals surface area contributed by atoms with Gasteiger partial charge in [0.05, 0.1) is 11.9 Å². The molecule has 0 unspecified atom stereocenters. The molecule has 0 saturated heterocycles. The molecule has 3 rings (SSSR count). The van der Waals surface area contributed by atoms with Crippen LogP contribution in [0.4, 0.5) is 20.4 Å². The van der Waals surface area contributed by atoms with E-state index in [1.54, 1.807) is 24.4 Å². The number of H-pyrrole nitrogens is 1. The van der Waals surface area contributed by atoms with Crippen LogP contribution < -0.4 is 11.1 Å². The molecule has 0 aliphatic carbocycles. The van der Waals surface area contributed by atoms with E-state index in [9.17, 15) is 13.6 Å². The number of halogens is 3. The molecule has 4 N–H and O–H groups in total. The number of nitrogens with one attached hydrogen (secondary N) is 2. The third-order valence-electron chi connectivity index (χ3n) is 3.15. The summed E-state index contributed by atoms with van der Waals surface area (Å²) in [5, 5.41) is 2.59. The first-order valence-electron chi connectivity index (χ1n) is 6.69. The van der Waals surface area contributed by atoms with E-state index < -0.39 is 17.5 Å². The molecule has 0 bridgehead atoms.